The topological polar surface area (TPSA) is 61.4 Å². The molecule has 2 amide bonds. The first-order valence-corrected chi connectivity index (χ1v) is 8.94. The summed E-state index contributed by atoms with van der Waals surface area (Å²) in [6.07, 6.45) is 3.39. The molecule has 1 fully saturated rings. The van der Waals surface area contributed by atoms with E-state index in [2.05, 4.69) is 10.6 Å². The normalized spacial score (nSPS) is 17.6. The summed E-state index contributed by atoms with van der Waals surface area (Å²) in [5.41, 5.74) is 0.580. The summed E-state index contributed by atoms with van der Waals surface area (Å²) >= 11 is 5.80. The second kappa shape index (κ2) is 9.64. The van der Waals surface area contributed by atoms with Gasteiger partial charge in [-0.15, -0.1) is 0 Å². The molecule has 0 aliphatic carbocycles. The first-order chi connectivity index (χ1) is 11.6. The highest BCUT2D eigenvalue weighted by molar-refractivity contribution is 6.30. The van der Waals surface area contributed by atoms with Gasteiger partial charge in [-0.25, -0.2) is 0 Å². The number of hydrogen-bond acceptors (Lipinski definition) is 3. The van der Waals surface area contributed by atoms with E-state index in [4.69, 9.17) is 11.6 Å². The van der Waals surface area contributed by atoms with Crippen LogP contribution in [0.4, 0.5) is 0 Å². The summed E-state index contributed by atoms with van der Waals surface area (Å²) in [4.78, 5) is 26.2. The Morgan fingerprint density at radius 2 is 2.04 bits per heavy atom. The maximum absolute atomic E-state index is 12.3. The molecule has 1 aliphatic heterocycles. The van der Waals surface area contributed by atoms with Crippen molar-refractivity contribution in [2.24, 2.45) is 5.92 Å². The smallest absolute Gasteiger partial charge is 0.251 e. The standard InChI is InChI=1S/C18H26ClN3O2/c1-20-12-14-4-3-11-22(13-14)17(23)5-2-10-21-18(24)15-6-8-16(19)9-7-15/h6-9,14,20H,2-5,10-13H2,1H3,(H,21,24). The van der Waals surface area contributed by atoms with Crippen LogP contribution < -0.4 is 10.6 Å². The molecule has 0 saturated carbocycles. The highest BCUT2D eigenvalue weighted by Crippen LogP contribution is 2.16. The fourth-order valence-electron chi connectivity index (χ4n) is 3.05. The van der Waals surface area contributed by atoms with Crippen molar-refractivity contribution in [1.82, 2.24) is 15.5 Å². The van der Waals surface area contributed by atoms with Gasteiger partial charge in [-0.05, 0) is 63.0 Å². The van der Waals surface area contributed by atoms with Gasteiger partial charge in [0, 0.05) is 36.6 Å². The van der Waals surface area contributed by atoms with Crippen molar-refractivity contribution in [1.29, 1.82) is 0 Å². The number of nitrogens with zero attached hydrogens (tertiary/aromatic N) is 1. The predicted molar refractivity (Wildman–Crippen MR) is 96.2 cm³/mol. The van der Waals surface area contributed by atoms with E-state index in [1.807, 2.05) is 11.9 Å². The molecule has 1 atom stereocenters. The maximum Gasteiger partial charge on any atom is 0.251 e. The molecule has 2 rings (SSSR count). The van der Waals surface area contributed by atoms with Crippen LogP contribution in [0, 0.1) is 5.92 Å². The van der Waals surface area contributed by atoms with Crippen LogP contribution in [-0.4, -0.2) is 49.9 Å². The third-order valence-corrected chi connectivity index (χ3v) is 4.58. The molecular weight excluding hydrogens is 326 g/mol. The molecule has 0 aromatic heterocycles. The van der Waals surface area contributed by atoms with Crippen LogP contribution in [0.5, 0.6) is 0 Å². The van der Waals surface area contributed by atoms with Gasteiger partial charge in [0.05, 0.1) is 0 Å². The van der Waals surface area contributed by atoms with Gasteiger partial charge in [0.1, 0.15) is 0 Å². The van der Waals surface area contributed by atoms with Crippen molar-refractivity contribution >= 4 is 23.4 Å². The molecule has 6 heteroatoms. The van der Waals surface area contributed by atoms with Crippen LogP contribution in [0.15, 0.2) is 24.3 Å². The van der Waals surface area contributed by atoms with Gasteiger partial charge < -0.3 is 15.5 Å². The van der Waals surface area contributed by atoms with Crippen molar-refractivity contribution < 1.29 is 9.59 Å². The second-order valence-electron chi connectivity index (χ2n) is 6.27. The zero-order chi connectivity index (χ0) is 17.4. The molecule has 1 heterocycles. The third kappa shape index (κ3) is 5.80. The van der Waals surface area contributed by atoms with Crippen LogP contribution in [0.3, 0.4) is 0 Å². The van der Waals surface area contributed by atoms with E-state index < -0.39 is 0 Å². The minimum atomic E-state index is -0.133. The third-order valence-electron chi connectivity index (χ3n) is 4.32. The van der Waals surface area contributed by atoms with Crippen LogP contribution in [0.25, 0.3) is 0 Å². The Balaban J connectivity index is 1.67. The van der Waals surface area contributed by atoms with Crippen LogP contribution in [0.2, 0.25) is 5.02 Å². The van der Waals surface area contributed by atoms with E-state index in [0.717, 1.165) is 26.1 Å². The number of rotatable bonds is 7. The molecule has 1 aliphatic rings. The molecular formula is C18H26ClN3O2. The minimum absolute atomic E-state index is 0.133. The number of nitrogens with one attached hydrogen (secondary N) is 2. The van der Waals surface area contributed by atoms with E-state index in [-0.39, 0.29) is 11.8 Å². The Morgan fingerprint density at radius 3 is 2.75 bits per heavy atom. The summed E-state index contributed by atoms with van der Waals surface area (Å²) < 4.78 is 0. The second-order valence-corrected chi connectivity index (χ2v) is 6.71. The summed E-state index contributed by atoms with van der Waals surface area (Å²) in [5, 5.41) is 6.64. The number of benzene rings is 1. The number of likely N-dealkylation sites (tertiary alicyclic amines) is 1. The Hall–Kier alpha value is -1.59. The van der Waals surface area contributed by atoms with Gasteiger partial charge in [0.2, 0.25) is 5.91 Å². The van der Waals surface area contributed by atoms with Crippen molar-refractivity contribution in [3.05, 3.63) is 34.9 Å². The van der Waals surface area contributed by atoms with Gasteiger partial charge in [0.25, 0.3) is 5.91 Å². The van der Waals surface area contributed by atoms with Gasteiger partial charge in [-0.1, -0.05) is 11.6 Å². The van der Waals surface area contributed by atoms with E-state index in [1.165, 1.54) is 6.42 Å². The number of carbonyl (C=O) groups excluding carboxylic acids is 2. The predicted octanol–water partition coefficient (Wildman–Crippen LogP) is 2.31. The molecule has 5 nitrogen and oxygen atoms in total. The number of hydrogen-bond donors (Lipinski definition) is 2. The summed E-state index contributed by atoms with van der Waals surface area (Å²) in [6.45, 7) is 3.16. The first-order valence-electron chi connectivity index (χ1n) is 8.56. The SMILES string of the molecule is CNCC1CCCN(C(=O)CCCNC(=O)c2ccc(Cl)cc2)C1. The molecule has 0 radical (unpaired) electrons. The maximum atomic E-state index is 12.3. The molecule has 1 aromatic carbocycles. The van der Waals surface area contributed by atoms with Crippen molar-refractivity contribution in [3.63, 3.8) is 0 Å². The molecule has 0 bridgehead atoms. The molecule has 24 heavy (non-hydrogen) atoms. The van der Waals surface area contributed by atoms with Crippen molar-refractivity contribution in [2.75, 3.05) is 33.2 Å². The first kappa shape index (κ1) is 18.7. The van der Waals surface area contributed by atoms with E-state index >= 15 is 0 Å². The fourth-order valence-corrected chi connectivity index (χ4v) is 3.18. The minimum Gasteiger partial charge on any atom is -0.352 e. The molecule has 2 N–H and O–H groups in total. The van der Waals surface area contributed by atoms with Crippen molar-refractivity contribution in [3.8, 4) is 0 Å². The Morgan fingerprint density at radius 1 is 1.29 bits per heavy atom. The van der Waals surface area contributed by atoms with Crippen LogP contribution in [0.1, 0.15) is 36.0 Å². The fraction of sp³-hybridized carbons (Fsp3) is 0.556. The Labute approximate surface area is 148 Å². The average molecular weight is 352 g/mol. The number of amides is 2. The van der Waals surface area contributed by atoms with E-state index in [0.29, 0.717) is 35.9 Å². The molecule has 1 aromatic rings. The van der Waals surface area contributed by atoms with E-state index in [1.54, 1.807) is 24.3 Å². The van der Waals surface area contributed by atoms with Gasteiger partial charge in [-0.3, -0.25) is 9.59 Å². The monoisotopic (exact) mass is 351 g/mol. The highest BCUT2D eigenvalue weighted by Gasteiger charge is 2.22. The lowest BCUT2D eigenvalue weighted by Gasteiger charge is -2.32. The molecule has 1 saturated heterocycles. The van der Waals surface area contributed by atoms with E-state index in [9.17, 15) is 9.59 Å². The van der Waals surface area contributed by atoms with Crippen LogP contribution >= 0.6 is 11.6 Å². The van der Waals surface area contributed by atoms with Gasteiger partial charge in [-0.2, -0.15) is 0 Å². The number of carbonyl (C=O) groups is 2. The lowest BCUT2D eigenvalue weighted by atomic mass is 9.97. The largest absolute Gasteiger partial charge is 0.352 e. The zero-order valence-electron chi connectivity index (χ0n) is 14.2. The molecule has 0 spiro atoms. The van der Waals surface area contributed by atoms with Gasteiger partial charge >= 0.3 is 0 Å². The summed E-state index contributed by atoms with van der Waals surface area (Å²) in [5.74, 6) is 0.611. The quantitative estimate of drug-likeness (QED) is 0.741. The average Bonchev–Trinajstić information content (AvgIpc) is 2.59. The Bertz CT molecular complexity index is 546. The lowest BCUT2D eigenvalue weighted by molar-refractivity contribution is -0.133. The zero-order valence-corrected chi connectivity index (χ0v) is 14.9. The summed E-state index contributed by atoms with van der Waals surface area (Å²) in [7, 11) is 1.95. The number of piperidine rings is 1. The Kier molecular flexibility index (Phi) is 7.53. The lowest BCUT2D eigenvalue weighted by Crippen LogP contribution is -2.42. The number of halogens is 1. The molecule has 1 unspecified atom stereocenters. The van der Waals surface area contributed by atoms with Gasteiger partial charge in [0.15, 0.2) is 0 Å². The summed E-state index contributed by atoms with van der Waals surface area (Å²) in [6, 6.07) is 6.77. The van der Waals surface area contributed by atoms with Crippen molar-refractivity contribution in [2.45, 2.75) is 25.7 Å². The highest BCUT2D eigenvalue weighted by atomic mass is 35.5. The van der Waals surface area contributed by atoms with Crippen LogP contribution in [-0.2, 0) is 4.79 Å². The molecule has 132 valence electrons.